The molecule has 6 heteroatoms. The van der Waals surface area contributed by atoms with Gasteiger partial charge in [-0.15, -0.1) is 0 Å². The van der Waals surface area contributed by atoms with E-state index >= 15 is 0 Å². The average molecular weight is 442 g/mol. The van der Waals surface area contributed by atoms with Crippen molar-refractivity contribution in [3.8, 4) is 5.75 Å². The second kappa shape index (κ2) is 11.9. The number of nitrogens with zero attached hydrogens (tertiary/aromatic N) is 2. The van der Waals surface area contributed by atoms with Gasteiger partial charge in [-0.3, -0.25) is 0 Å². The molecule has 1 aliphatic heterocycles. The van der Waals surface area contributed by atoms with Crippen LogP contribution in [0.25, 0.3) is 0 Å². The minimum Gasteiger partial charge on any atom is -0.493 e. The van der Waals surface area contributed by atoms with E-state index in [-0.39, 0.29) is 17.9 Å². The van der Waals surface area contributed by atoms with Gasteiger partial charge >= 0.3 is 6.03 Å². The molecule has 2 aromatic carbocycles. The summed E-state index contributed by atoms with van der Waals surface area (Å²) in [6.07, 6.45) is 3.02. The molecule has 0 aliphatic carbocycles. The van der Waals surface area contributed by atoms with Crippen LogP contribution in [0.2, 0.25) is 0 Å². The topological polar surface area (TPSA) is 44.8 Å². The van der Waals surface area contributed by atoms with Crippen LogP contribution < -0.4 is 10.1 Å². The Kier molecular flexibility index (Phi) is 8.91. The molecule has 2 amide bonds. The third-order valence-corrected chi connectivity index (χ3v) is 5.73. The Labute approximate surface area is 191 Å². The number of urea groups is 1. The summed E-state index contributed by atoms with van der Waals surface area (Å²) in [5.74, 6) is 1.03. The first-order valence-corrected chi connectivity index (χ1v) is 11.6. The lowest BCUT2D eigenvalue weighted by atomic mass is 10.1. The van der Waals surface area contributed by atoms with E-state index in [9.17, 15) is 9.18 Å². The number of halogens is 1. The second-order valence-electron chi connectivity index (χ2n) is 9.21. The Balaban J connectivity index is 1.68. The van der Waals surface area contributed by atoms with Gasteiger partial charge in [0, 0.05) is 19.1 Å². The monoisotopic (exact) mass is 441 g/mol. The van der Waals surface area contributed by atoms with E-state index in [2.05, 4.69) is 31.1 Å². The summed E-state index contributed by atoms with van der Waals surface area (Å²) in [5, 5.41) is 3.24. The fraction of sp³-hybridized carbons (Fsp3) is 0.500. The van der Waals surface area contributed by atoms with Crippen LogP contribution in [0.15, 0.2) is 48.5 Å². The van der Waals surface area contributed by atoms with Gasteiger partial charge in [0.2, 0.25) is 0 Å². The molecule has 1 N–H and O–H groups in total. The van der Waals surface area contributed by atoms with Crippen molar-refractivity contribution >= 4 is 6.03 Å². The molecule has 1 aliphatic rings. The lowest BCUT2D eigenvalue weighted by Gasteiger charge is -2.26. The average Bonchev–Trinajstić information content (AvgIpc) is 2.98. The maximum Gasteiger partial charge on any atom is 0.318 e. The van der Waals surface area contributed by atoms with Crippen LogP contribution in [0.4, 0.5) is 9.18 Å². The highest BCUT2D eigenvalue weighted by atomic mass is 19.1. The first-order chi connectivity index (χ1) is 15.4. The normalized spacial score (nSPS) is 17.1. The number of hydrogen-bond acceptors (Lipinski definition) is 3. The summed E-state index contributed by atoms with van der Waals surface area (Å²) in [5.41, 5.74) is 1.93. The van der Waals surface area contributed by atoms with Gasteiger partial charge in [-0.25, -0.2) is 9.18 Å². The molecule has 5 nitrogen and oxygen atoms in total. The second-order valence-corrected chi connectivity index (χ2v) is 9.21. The number of likely N-dealkylation sites (tertiary alicyclic amines) is 1. The van der Waals surface area contributed by atoms with Crippen molar-refractivity contribution in [1.82, 2.24) is 15.1 Å². The van der Waals surface area contributed by atoms with Gasteiger partial charge in [0.1, 0.15) is 11.6 Å². The molecule has 0 radical (unpaired) electrons. The van der Waals surface area contributed by atoms with Crippen LogP contribution in [0.5, 0.6) is 5.75 Å². The van der Waals surface area contributed by atoms with Crippen LogP contribution in [-0.4, -0.2) is 48.6 Å². The fourth-order valence-corrected chi connectivity index (χ4v) is 3.83. The van der Waals surface area contributed by atoms with Crippen LogP contribution in [0.1, 0.15) is 44.2 Å². The molecule has 0 spiro atoms. The molecule has 32 heavy (non-hydrogen) atoms. The standard InChI is InChI=1S/C26H36FN3O2/c1-20(2)19-32-25-12-8-22(9-13-25)18-30(17-21-6-10-23(27)11-7-21)26(31)28-24-5-4-15-29(3)16-14-24/h6-13,20,24H,4-5,14-19H2,1-3H3,(H,28,31)/t24-/m0/s1. The Hall–Kier alpha value is -2.60. The number of carbonyl (C=O) groups is 1. The summed E-state index contributed by atoms with van der Waals surface area (Å²) < 4.78 is 19.1. The van der Waals surface area contributed by atoms with Crippen molar-refractivity contribution in [1.29, 1.82) is 0 Å². The maximum atomic E-state index is 13.4. The van der Waals surface area contributed by atoms with Gasteiger partial charge in [-0.2, -0.15) is 0 Å². The molecule has 1 heterocycles. The number of carbonyl (C=O) groups excluding carboxylic acids is 1. The number of ether oxygens (including phenoxy) is 1. The minimum atomic E-state index is -0.274. The quantitative estimate of drug-likeness (QED) is 0.623. The SMILES string of the molecule is CC(C)COc1ccc(CN(Cc2ccc(F)cc2)C(=O)N[C@H]2CCCN(C)CC2)cc1. The Morgan fingerprint density at radius 1 is 1.06 bits per heavy atom. The predicted octanol–water partition coefficient (Wildman–Crippen LogP) is 5.06. The molecule has 0 unspecified atom stereocenters. The van der Waals surface area contributed by atoms with E-state index in [0.717, 1.165) is 49.2 Å². The zero-order valence-corrected chi connectivity index (χ0v) is 19.5. The summed E-state index contributed by atoms with van der Waals surface area (Å²) in [6.45, 7) is 7.86. The summed E-state index contributed by atoms with van der Waals surface area (Å²) in [6, 6.07) is 14.3. The third-order valence-electron chi connectivity index (χ3n) is 5.73. The van der Waals surface area contributed by atoms with Crippen molar-refractivity contribution in [3.05, 3.63) is 65.5 Å². The first-order valence-electron chi connectivity index (χ1n) is 11.6. The molecule has 1 saturated heterocycles. The third kappa shape index (κ3) is 7.83. The van der Waals surface area contributed by atoms with Crippen molar-refractivity contribution in [2.24, 2.45) is 5.92 Å². The van der Waals surface area contributed by atoms with Crippen LogP contribution in [0.3, 0.4) is 0 Å². The number of hydrogen-bond donors (Lipinski definition) is 1. The van der Waals surface area contributed by atoms with E-state index in [1.54, 1.807) is 17.0 Å². The zero-order chi connectivity index (χ0) is 22.9. The first kappa shape index (κ1) is 24.1. The van der Waals surface area contributed by atoms with Gasteiger partial charge in [0.25, 0.3) is 0 Å². The number of rotatable bonds is 8. The van der Waals surface area contributed by atoms with Gasteiger partial charge < -0.3 is 19.9 Å². The molecular formula is C26H36FN3O2. The smallest absolute Gasteiger partial charge is 0.318 e. The molecule has 1 fully saturated rings. The van der Waals surface area contributed by atoms with Crippen molar-refractivity contribution in [3.63, 3.8) is 0 Å². The Bertz CT molecular complexity index is 839. The molecule has 174 valence electrons. The van der Waals surface area contributed by atoms with Crippen LogP contribution in [-0.2, 0) is 13.1 Å². The van der Waals surface area contributed by atoms with Gasteiger partial charge in [-0.05, 0) is 80.7 Å². The lowest BCUT2D eigenvalue weighted by molar-refractivity contribution is 0.186. The van der Waals surface area contributed by atoms with Gasteiger partial charge in [0.05, 0.1) is 6.61 Å². The van der Waals surface area contributed by atoms with Crippen molar-refractivity contribution < 1.29 is 13.9 Å². The molecule has 0 saturated carbocycles. The summed E-state index contributed by atoms with van der Waals surface area (Å²) >= 11 is 0. The van der Waals surface area contributed by atoms with Crippen LogP contribution in [0, 0.1) is 11.7 Å². The Morgan fingerprint density at radius 3 is 2.31 bits per heavy atom. The van der Waals surface area contributed by atoms with Gasteiger partial charge in [0.15, 0.2) is 0 Å². The van der Waals surface area contributed by atoms with Crippen molar-refractivity contribution in [2.75, 3.05) is 26.7 Å². The summed E-state index contributed by atoms with van der Waals surface area (Å²) in [7, 11) is 2.12. The van der Waals surface area contributed by atoms with E-state index in [1.807, 2.05) is 24.3 Å². The molecule has 2 aromatic rings. The van der Waals surface area contributed by atoms with E-state index in [0.29, 0.717) is 25.6 Å². The summed E-state index contributed by atoms with van der Waals surface area (Å²) in [4.78, 5) is 17.3. The highest BCUT2D eigenvalue weighted by Crippen LogP contribution is 2.17. The highest BCUT2D eigenvalue weighted by Gasteiger charge is 2.21. The largest absolute Gasteiger partial charge is 0.493 e. The van der Waals surface area contributed by atoms with Gasteiger partial charge in [-0.1, -0.05) is 38.1 Å². The lowest BCUT2D eigenvalue weighted by Crippen LogP contribution is -2.44. The molecule has 0 bridgehead atoms. The maximum absolute atomic E-state index is 13.4. The highest BCUT2D eigenvalue weighted by molar-refractivity contribution is 5.74. The number of nitrogens with one attached hydrogen (secondary N) is 1. The number of amides is 2. The van der Waals surface area contributed by atoms with Crippen molar-refractivity contribution in [2.45, 2.75) is 52.2 Å². The molecule has 0 aromatic heterocycles. The van der Waals surface area contributed by atoms with E-state index in [1.165, 1.54) is 12.1 Å². The number of benzene rings is 2. The van der Waals surface area contributed by atoms with E-state index in [4.69, 9.17) is 4.74 Å². The van der Waals surface area contributed by atoms with Crippen LogP contribution >= 0.6 is 0 Å². The predicted molar refractivity (Wildman–Crippen MR) is 126 cm³/mol. The molecule has 1 atom stereocenters. The molecule has 3 rings (SSSR count). The Morgan fingerprint density at radius 2 is 1.69 bits per heavy atom. The zero-order valence-electron chi connectivity index (χ0n) is 19.5. The molecular weight excluding hydrogens is 405 g/mol. The minimum absolute atomic E-state index is 0.0796. The fourth-order valence-electron chi connectivity index (χ4n) is 3.83. The van der Waals surface area contributed by atoms with E-state index < -0.39 is 0 Å².